The lowest BCUT2D eigenvalue weighted by Gasteiger charge is -2.09. The summed E-state index contributed by atoms with van der Waals surface area (Å²) in [6.07, 6.45) is 1.30. The van der Waals surface area contributed by atoms with Crippen molar-refractivity contribution in [2.75, 3.05) is 0 Å². The molecule has 3 nitrogen and oxygen atoms in total. The fraction of sp³-hybridized carbons (Fsp3) is 0.0909. The van der Waals surface area contributed by atoms with Crippen molar-refractivity contribution in [3.8, 4) is 0 Å². The van der Waals surface area contributed by atoms with Crippen molar-refractivity contribution in [3.63, 3.8) is 0 Å². The van der Waals surface area contributed by atoms with Gasteiger partial charge in [0.05, 0.1) is 12.9 Å². The minimum absolute atomic E-state index is 0.0248. The van der Waals surface area contributed by atoms with Crippen LogP contribution in [0.1, 0.15) is 5.56 Å². The molecule has 0 N–H and O–H groups in total. The molecule has 94 valence electrons. The van der Waals surface area contributed by atoms with Crippen LogP contribution < -0.4 is 5.56 Å². The number of benzene rings is 1. The molecule has 0 unspecified atom stereocenters. The first-order chi connectivity index (χ1) is 8.50. The standard InChI is InChI=1S/C11H6Cl4N2O/c12-7-2-1-3-8(13)6(7)4-17-5-16-10(15)9(14)11(17)18/h1-3,5H,4H2. The van der Waals surface area contributed by atoms with Crippen LogP contribution in [0.5, 0.6) is 0 Å². The summed E-state index contributed by atoms with van der Waals surface area (Å²) in [5, 5.41) is 0.798. The maximum Gasteiger partial charge on any atom is 0.273 e. The lowest BCUT2D eigenvalue weighted by atomic mass is 10.2. The molecule has 18 heavy (non-hydrogen) atoms. The fourth-order valence-electron chi connectivity index (χ4n) is 1.41. The molecule has 0 aliphatic rings. The number of hydrogen-bond donors (Lipinski definition) is 0. The Morgan fingerprint density at radius 3 is 2.33 bits per heavy atom. The van der Waals surface area contributed by atoms with Gasteiger partial charge in [0.15, 0.2) is 5.15 Å². The Balaban J connectivity index is 2.47. The van der Waals surface area contributed by atoms with Gasteiger partial charge in [0.25, 0.3) is 5.56 Å². The Morgan fingerprint density at radius 2 is 1.72 bits per heavy atom. The monoisotopic (exact) mass is 322 g/mol. The Morgan fingerprint density at radius 1 is 1.11 bits per heavy atom. The maximum absolute atomic E-state index is 11.8. The molecule has 0 aliphatic heterocycles. The van der Waals surface area contributed by atoms with Crippen LogP contribution in [-0.2, 0) is 6.54 Å². The van der Waals surface area contributed by atoms with E-state index in [-0.39, 0.29) is 16.7 Å². The van der Waals surface area contributed by atoms with Gasteiger partial charge in [0.1, 0.15) is 5.02 Å². The van der Waals surface area contributed by atoms with Gasteiger partial charge in [-0.3, -0.25) is 9.36 Å². The smallest absolute Gasteiger partial charge is 0.273 e. The minimum Gasteiger partial charge on any atom is -0.293 e. The summed E-state index contributed by atoms with van der Waals surface area (Å²) in [4.78, 5) is 15.6. The van der Waals surface area contributed by atoms with Crippen LogP contribution in [0.4, 0.5) is 0 Å². The van der Waals surface area contributed by atoms with Gasteiger partial charge in [-0.15, -0.1) is 0 Å². The lowest BCUT2D eigenvalue weighted by molar-refractivity contribution is 0.737. The van der Waals surface area contributed by atoms with E-state index >= 15 is 0 Å². The highest BCUT2D eigenvalue weighted by Crippen LogP contribution is 2.25. The average Bonchev–Trinajstić information content (AvgIpc) is 2.34. The first-order valence-electron chi connectivity index (χ1n) is 4.84. The molecule has 7 heteroatoms. The van der Waals surface area contributed by atoms with E-state index in [0.29, 0.717) is 15.6 Å². The van der Waals surface area contributed by atoms with Crippen molar-refractivity contribution >= 4 is 46.4 Å². The van der Waals surface area contributed by atoms with Gasteiger partial charge in [-0.2, -0.15) is 0 Å². The molecular formula is C11H6Cl4N2O. The highest BCUT2D eigenvalue weighted by atomic mass is 35.5. The largest absolute Gasteiger partial charge is 0.293 e. The summed E-state index contributed by atoms with van der Waals surface area (Å²) in [5.41, 5.74) is 0.191. The molecule has 0 amide bonds. The lowest BCUT2D eigenvalue weighted by Crippen LogP contribution is -2.22. The second kappa shape index (κ2) is 5.49. The third kappa shape index (κ3) is 2.64. The number of aromatic nitrogens is 2. The van der Waals surface area contributed by atoms with Gasteiger partial charge in [-0.05, 0) is 12.1 Å². The number of hydrogen-bond acceptors (Lipinski definition) is 2. The summed E-state index contributed by atoms with van der Waals surface area (Å²) in [5.74, 6) is 0. The van der Waals surface area contributed by atoms with Gasteiger partial charge in [-0.25, -0.2) is 4.98 Å². The number of nitrogens with zero attached hydrogens (tertiary/aromatic N) is 2. The van der Waals surface area contributed by atoms with E-state index in [4.69, 9.17) is 46.4 Å². The Bertz CT molecular complexity index is 634. The number of halogens is 4. The molecule has 0 fully saturated rings. The molecule has 0 spiro atoms. The average molecular weight is 324 g/mol. The maximum atomic E-state index is 11.8. The molecule has 0 saturated carbocycles. The molecular weight excluding hydrogens is 318 g/mol. The minimum atomic E-state index is -0.437. The molecule has 0 bridgehead atoms. The van der Waals surface area contributed by atoms with Gasteiger partial charge >= 0.3 is 0 Å². The predicted molar refractivity (Wildman–Crippen MR) is 74.1 cm³/mol. The summed E-state index contributed by atoms with van der Waals surface area (Å²) in [6.45, 7) is 0.182. The van der Waals surface area contributed by atoms with E-state index < -0.39 is 5.56 Å². The van der Waals surface area contributed by atoms with Gasteiger partial charge < -0.3 is 0 Å². The highest BCUT2D eigenvalue weighted by molar-refractivity contribution is 6.41. The quantitative estimate of drug-likeness (QED) is 0.785. The second-order valence-electron chi connectivity index (χ2n) is 3.48. The van der Waals surface area contributed by atoms with Crippen molar-refractivity contribution in [1.82, 2.24) is 9.55 Å². The first-order valence-corrected chi connectivity index (χ1v) is 6.35. The Labute approximate surface area is 123 Å². The van der Waals surface area contributed by atoms with E-state index in [0.717, 1.165) is 0 Å². The summed E-state index contributed by atoms with van der Waals surface area (Å²) in [6, 6.07) is 5.11. The summed E-state index contributed by atoms with van der Waals surface area (Å²) < 4.78 is 1.29. The molecule has 1 aromatic carbocycles. The van der Waals surface area contributed by atoms with Crippen molar-refractivity contribution < 1.29 is 0 Å². The van der Waals surface area contributed by atoms with E-state index in [2.05, 4.69) is 4.98 Å². The Hall–Kier alpha value is -0.740. The zero-order valence-electron chi connectivity index (χ0n) is 8.83. The second-order valence-corrected chi connectivity index (χ2v) is 5.03. The molecule has 1 aromatic heterocycles. The van der Waals surface area contributed by atoms with E-state index in [1.807, 2.05) is 0 Å². The van der Waals surface area contributed by atoms with Crippen molar-refractivity contribution in [2.45, 2.75) is 6.54 Å². The topological polar surface area (TPSA) is 34.9 Å². The van der Waals surface area contributed by atoms with Gasteiger partial charge in [-0.1, -0.05) is 52.5 Å². The van der Waals surface area contributed by atoms with Crippen LogP contribution in [0.15, 0.2) is 29.3 Å². The Kier molecular flexibility index (Phi) is 4.17. The van der Waals surface area contributed by atoms with Crippen molar-refractivity contribution in [3.05, 3.63) is 60.7 Å². The van der Waals surface area contributed by atoms with Gasteiger partial charge in [0, 0.05) is 15.6 Å². The molecule has 2 aromatic rings. The van der Waals surface area contributed by atoms with Crippen LogP contribution in [0.25, 0.3) is 0 Å². The normalized spacial score (nSPS) is 10.7. The molecule has 0 radical (unpaired) electrons. The molecule has 1 heterocycles. The zero-order chi connectivity index (χ0) is 13.3. The molecule has 0 aliphatic carbocycles. The van der Waals surface area contributed by atoms with Crippen LogP contribution in [-0.4, -0.2) is 9.55 Å². The first kappa shape index (κ1) is 13.7. The summed E-state index contributed by atoms with van der Waals surface area (Å²) in [7, 11) is 0. The summed E-state index contributed by atoms with van der Waals surface area (Å²) >= 11 is 23.4. The van der Waals surface area contributed by atoms with Crippen LogP contribution in [0.2, 0.25) is 20.2 Å². The highest BCUT2D eigenvalue weighted by Gasteiger charge is 2.11. The van der Waals surface area contributed by atoms with Crippen molar-refractivity contribution in [1.29, 1.82) is 0 Å². The fourth-order valence-corrected chi connectivity index (χ4v) is 2.21. The van der Waals surface area contributed by atoms with E-state index in [9.17, 15) is 4.79 Å². The van der Waals surface area contributed by atoms with Crippen LogP contribution >= 0.6 is 46.4 Å². The third-order valence-electron chi connectivity index (χ3n) is 2.33. The molecule has 0 atom stereocenters. The number of rotatable bonds is 2. The molecule has 2 rings (SSSR count). The van der Waals surface area contributed by atoms with Gasteiger partial charge in [0.2, 0.25) is 0 Å². The third-order valence-corrected chi connectivity index (χ3v) is 3.76. The molecule has 0 saturated heterocycles. The van der Waals surface area contributed by atoms with E-state index in [1.54, 1.807) is 18.2 Å². The SMILES string of the molecule is O=c1c(Cl)c(Cl)ncn1Cc1c(Cl)cccc1Cl. The predicted octanol–water partition coefficient (Wildman–Crippen LogP) is 3.91. The van der Waals surface area contributed by atoms with Crippen LogP contribution in [0, 0.1) is 0 Å². The zero-order valence-corrected chi connectivity index (χ0v) is 11.9. The van der Waals surface area contributed by atoms with E-state index in [1.165, 1.54) is 10.9 Å². The van der Waals surface area contributed by atoms with Crippen molar-refractivity contribution in [2.24, 2.45) is 0 Å². The van der Waals surface area contributed by atoms with Crippen LogP contribution in [0.3, 0.4) is 0 Å².